The van der Waals surface area contributed by atoms with Crippen LogP contribution in [0.15, 0.2) is 16.2 Å². The molecule has 0 heterocycles. The SMILES string of the molecule is O[I-]/C=C/c1c(F)ccc(Cl)c1C(F)(F)F. The summed E-state index contributed by atoms with van der Waals surface area (Å²) in [4.78, 5) is 0. The molecule has 16 heavy (non-hydrogen) atoms. The minimum atomic E-state index is -4.73. The van der Waals surface area contributed by atoms with E-state index in [-0.39, 0.29) is 0 Å². The third-order valence-electron chi connectivity index (χ3n) is 1.71. The molecule has 1 nitrogen and oxygen atoms in total. The normalized spacial score (nSPS) is 12.6. The van der Waals surface area contributed by atoms with E-state index in [1.807, 2.05) is 0 Å². The van der Waals surface area contributed by atoms with E-state index in [0.717, 1.165) is 22.3 Å². The van der Waals surface area contributed by atoms with Gasteiger partial charge in [-0.3, -0.25) is 0 Å². The van der Waals surface area contributed by atoms with Crippen molar-refractivity contribution in [2.24, 2.45) is 0 Å². The molecular weight excluding hydrogens is 362 g/mol. The van der Waals surface area contributed by atoms with Gasteiger partial charge in [-0.05, 0) is 0 Å². The quantitative estimate of drug-likeness (QED) is 0.595. The Morgan fingerprint density at radius 2 is 1.94 bits per heavy atom. The predicted octanol–water partition coefficient (Wildman–Crippen LogP) is 0.465. The van der Waals surface area contributed by atoms with Gasteiger partial charge in [0.05, 0.1) is 0 Å². The van der Waals surface area contributed by atoms with E-state index in [0.29, 0.717) is 0 Å². The van der Waals surface area contributed by atoms with Gasteiger partial charge in [0.1, 0.15) is 0 Å². The van der Waals surface area contributed by atoms with Crippen molar-refractivity contribution in [3.05, 3.63) is 38.2 Å². The Hall–Kier alpha value is -0.340. The first kappa shape index (κ1) is 13.7. The van der Waals surface area contributed by atoms with E-state index in [9.17, 15) is 17.6 Å². The van der Waals surface area contributed by atoms with Crippen LogP contribution in [-0.2, 0) is 6.18 Å². The van der Waals surface area contributed by atoms with Gasteiger partial charge >= 0.3 is 105 Å². The minimum absolute atomic E-state index is 0.565. The van der Waals surface area contributed by atoms with E-state index in [4.69, 9.17) is 15.0 Å². The molecule has 0 radical (unpaired) electrons. The Bertz CT molecular complexity index is 417. The molecule has 0 saturated heterocycles. The Kier molecular flexibility index (Phi) is 4.57. The Morgan fingerprint density at radius 1 is 1.31 bits per heavy atom. The van der Waals surface area contributed by atoms with Gasteiger partial charge in [0.25, 0.3) is 0 Å². The number of benzene rings is 1. The summed E-state index contributed by atoms with van der Waals surface area (Å²) >= 11 is 4.04. The molecule has 0 saturated carbocycles. The predicted molar refractivity (Wildman–Crippen MR) is 47.7 cm³/mol. The fourth-order valence-electron chi connectivity index (χ4n) is 1.11. The van der Waals surface area contributed by atoms with Gasteiger partial charge in [0.2, 0.25) is 0 Å². The molecule has 0 bridgehead atoms. The zero-order valence-corrected chi connectivity index (χ0v) is 10.4. The van der Waals surface area contributed by atoms with Crippen molar-refractivity contribution < 1.29 is 42.6 Å². The van der Waals surface area contributed by atoms with Crippen LogP contribution in [0.5, 0.6) is 0 Å². The summed E-state index contributed by atoms with van der Waals surface area (Å²) in [5.41, 5.74) is -1.86. The van der Waals surface area contributed by atoms with Crippen molar-refractivity contribution in [2.45, 2.75) is 6.18 Å². The second kappa shape index (κ2) is 5.33. The van der Waals surface area contributed by atoms with Gasteiger partial charge in [-0.25, -0.2) is 0 Å². The van der Waals surface area contributed by atoms with Crippen LogP contribution >= 0.6 is 11.6 Å². The second-order valence-corrected chi connectivity index (χ2v) is 4.39. The maximum absolute atomic E-state index is 13.2. The maximum atomic E-state index is 13.2. The van der Waals surface area contributed by atoms with E-state index in [1.54, 1.807) is 0 Å². The number of hydrogen-bond donors (Lipinski definition) is 1. The molecule has 0 aliphatic rings. The topological polar surface area (TPSA) is 20.2 Å². The van der Waals surface area contributed by atoms with Crippen molar-refractivity contribution in [2.75, 3.05) is 0 Å². The zero-order chi connectivity index (χ0) is 12.3. The van der Waals surface area contributed by atoms with Gasteiger partial charge in [0, 0.05) is 0 Å². The van der Waals surface area contributed by atoms with Crippen LogP contribution in [0.2, 0.25) is 5.02 Å². The summed E-state index contributed by atoms with van der Waals surface area (Å²) in [6.07, 6.45) is -3.83. The first-order valence-electron chi connectivity index (χ1n) is 3.86. The van der Waals surface area contributed by atoms with Crippen molar-refractivity contribution in [1.29, 1.82) is 0 Å². The molecule has 1 aromatic rings. The molecule has 7 heteroatoms. The van der Waals surface area contributed by atoms with Crippen LogP contribution in [0.25, 0.3) is 6.08 Å². The van der Waals surface area contributed by atoms with E-state index in [2.05, 4.69) is 0 Å². The summed E-state index contributed by atoms with van der Waals surface area (Å²) in [7, 11) is 0. The van der Waals surface area contributed by atoms with Crippen LogP contribution < -0.4 is 21.6 Å². The molecule has 1 N–H and O–H groups in total. The van der Waals surface area contributed by atoms with Crippen molar-refractivity contribution in [3.63, 3.8) is 0 Å². The molecule has 0 atom stereocenters. The third-order valence-corrected chi connectivity index (χ3v) is 2.71. The van der Waals surface area contributed by atoms with Gasteiger partial charge in [-0.15, -0.1) is 0 Å². The van der Waals surface area contributed by atoms with Crippen LogP contribution in [-0.4, -0.2) is 3.44 Å². The summed E-state index contributed by atoms with van der Waals surface area (Å²) in [6, 6.07) is 1.71. The van der Waals surface area contributed by atoms with Crippen LogP contribution in [0.4, 0.5) is 17.6 Å². The van der Waals surface area contributed by atoms with Gasteiger partial charge in [-0.1, -0.05) is 0 Å². The van der Waals surface area contributed by atoms with Crippen LogP contribution in [0.1, 0.15) is 11.1 Å². The molecule has 0 unspecified atom stereocenters. The molecule has 0 aliphatic heterocycles. The van der Waals surface area contributed by atoms with Gasteiger partial charge < -0.3 is 0 Å². The van der Waals surface area contributed by atoms with E-state index < -0.39 is 49.8 Å². The average Bonchev–Trinajstić information content (AvgIpc) is 2.17. The molecule has 1 aromatic carbocycles. The molecule has 0 aliphatic carbocycles. The molecule has 90 valence electrons. The summed E-state index contributed by atoms with van der Waals surface area (Å²) < 4.78 is 60.6. The van der Waals surface area contributed by atoms with Gasteiger partial charge in [-0.2, -0.15) is 0 Å². The molecule has 0 spiro atoms. The number of hydrogen-bond acceptors (Lipinski definition) is 1. The summed E-state index contributed by atoms with van der Waals surface area (Å²) in [6.45, 7) is 0. The molecule has 0 aromatic heterocycles. The molecular formula is C9H5ClF4IO-. The number of halogens is 6. The summed E-state index contributed by atoms with van der Waals surface area (Å²) in [5, 5.41) is -0.565. The van der Waals surface area contributed by atoms with Crippen LogP contribution in [0.3, 0.4) is 0 Å². The zero-order valence-electron chi connectivity index (χ0n) is 7.52. The third kappa shape index (κ3) is 3.08. The Morgan fingerprint density at radius 3 is 2.44 bits per heavy atom. The molecule has 1 rings (SSSR count). The monoisotopic (exact) mass is 367 g/mol. The Labute approximate surface area is 105 Å². The standard InChI is InChI=1S/C9H5ClF4IO/c10-6-1-2-7(11)5(3-4-15-16)8(6)9(12,13)14/h1-4,16H/q-1/b4-3+. The molecule has 0 fully saturated rings. The van der Waals surface area contributed by atoms with E-state index in [1.165, 1.54) is 0 Å². The first-order valence-corrected chi connectivity index (χ1v) is 6.45. The first-order chi connectivity index (χ1) is 7.38. The van der Waals surface area contributed by atoms with Crippen molar-refractivity contribution in [3.8, 4) is 0 Å². The molecule has 0 amide bonds. The van der Waals surface area contributed by atoms with Gasteiger partial charge in [0.15, 0.2) is 0 Å². The number of alkyl halides is 3. The van der Waals surface area contributed by atoms with Crippen molar-refractivity contribution in [1.82, 2.24) is 0 Å². The van der Waals surface area contributed by atoms with E-state index >= 15 is 0 Å². The fourth-order valence-corrected chi connectivity index (χ4v) is 1.90. The average molecular weight is 367 g/mol. The van der Waals surface area contributed by atoms with Crippen molar-refractivity contribution >= 4 is 17.7 Å². The fraction of sp³-hybridized carbons (Fsp3) is 0.111. The number of rotatable bonds is 2. The van der Waals surface area contributed by atoms with Crippen LogP contribution in [0, 0.1) is 5.82 Å². The summed E-state index contributed by atoms with van der Waals surface area (Å²) in [5.74, 6) is -1.02. The Balaban J connectivity index is 3.43. The second-order valence-electron chi connectivity index (χ2n) is 2.71.